The van der Waals surface area contributed by atoms with E-state index in [-0.39, 0.29) is 23.1 Å². The molecule has 204 valence electrons. The van der Waals surface area contributed by atoms with Crippen molar-refractivity contribution in [3.63, 3.8) is 0 Å². The third-order valence-corrected chi connectivity index (χ3v) is 8.48. The molecule has 0 unspecified atom stereocenters. The number of ether oxygens (including phenoxy) is 2. The summed E-state index contributed by atoms with van der Waals surface area (Å²) >= 11 is 12.5. The van der Waals surface area contributed by atoms with E-state index in [0.29, 0.717) is 34.5 Å². The highest BCUT2D eigenvalue weighted by atomic mass is 35.5. The van der Waals surface area contributed by atoms with Crippen molar-refractivity contribution in [3.8, 4) is 11.6 Å². The minimum absolute atomic E-state index is 0.100. The Balaban J connectivity index is 1.61. The van der Waals surface area contributed by atoms with E-state index in [4.69, 9.17) is 37.7 Å². The normalized spacial score (nSPS) is 13.9. The van der Waals surface area contributed by atoms with Gasteiger partial charge in [-0.05, 0) is 75.1 Å². The predicted molar refractivity (Wildman–Crippen MR) is 151 cm³/mol. The number of rotatable bonds is 10. The molecule has 0 atom stereocenters. The van der Waals surface area contributed by atoms with Crippen LogP contribution in [0.25, 0.3) is 0 Å². The molecule has 0 amide bonds. The van der Waals surface area contributed by atoms with Crippen molar-refractivity contribution in [2.45, 2.75) is 31.4 Å². The zero-order chi connectivity index (χ0) is 27.4. The first-order chi connectivity index (χ1) is 18.0. The summed E-state index contributed by atoms with van der Waals surface area (Å²) in [6, 6.07) is 12.0. The fraction of sp³-hybridized carbons (Fsp3) is 0.370. The van der Waals surface area contributed by atoms with Crippen molar-refractivity contribution in [2.24, 2.45) is 0 Å². The van der Waals surface area contributed by atoms with E-state index in [1.54, 1.807) is 25.1 Å². The Morgan fingerprint density at radius 3 is 2.66 bits per heavy atom. The standard InChI is InChI=1S/C27H32Cl2N4O4S/c1-18-21(28)6-5-7-26(18)38(34,35)31-24-15-20-16-33(4)11-10-23(20)30-27(24)37-17-19-8-9-22(29)25(14-19)36-13-12-32(2)3/h5-9,14-15,31H,10-13,16-17H2,1-4H3. The molecule has 0 bridgehead atoms. The Bertz CT molecular complexity index is 1420. The highest BCUT2D eigenvalue weighted by molar-refractivity contribution is 7.92. The van der Waals surface area contributed by atoms with Gasteiger partial charge in [0.15, 0.2) is 0 Å². The number of nitrogens with zero attached hydrogens (tertiary/aromatic N) is 3. The highest BCUT2D eigenvalue weighted by Gasteiger charge is 2.24. The van der Waals surface area contributed by atoms with Crippen LogP contribution < -0.4 is 14.2 Å². The Morgan fingerprint density at radius 1 is 1.11 bits per heavy atom. The number of fused-ring (bicyclic) bond motifs is 1. The lowest BCUT2D eigenvalue weighted by molar-refractivity contribution is 0.259. The van der Waals surface area contributed by atoms with E-state index in [2.05, 4.69) is 9.62 Å². The monoisotopic (exact) mass is 578 g/mol. The summed E-state index contributed by atoms with van der Waals surface area (Å²) in [5.74, 6) is 0.773. The number of anilines is 1. The number of likely N-dealkylation sites (N-methyl/N-ethyl adjacent to an activating group) is 2. The second-order valence-corrected chi connectivity index (χ2v) is 12.1. The summed E-state index contributed by atoms with van der Waals surface area (Å²) < 4.78 is 41.4. The number of aromatic nitrogens is 1. The Hall–Kier alpha value is -2.56. The van der Waals surface area contributed by atoms with Crippen LogP contribution in [0.2, 0.25) is 10.0 Å². The van der Waals surface area contributed by atoms with E-state index in [0.717, 1.165) is 36.3 Å². The number of hydrogen-bond acceptors (Lipinski definition) is 7. The average Bonchev–Trinajstić information content (AvgIpc) is 2.85. The molecular formula is C27H32Cl2N4O4S. The van der Waals surface area contributed by atoms with Gasteiger partial charge in [0.25, 0.3) is 10.0 Å². The third kappa shape index (κ3) is 6.90. The molecule has 2 heterocycles. The zero-order valence-corrected chi connectivity index (χ0v) is 24.3. The van der Waals surface area contributed by atoms with Gasteiger partial charge in [-0.2, -0.15) is 0 Å². The molecule has 1 aliphatic rings. The minimum atomic E-state index is -3.95. The Labute approximate surface area is 234 Å². The largest absolute Gasteiger partial charge is 0.491 e. The zero-order valence-electron chi connectivity index (χ0n) is 21.9. The van der Waals surface area contributed by atoms with Gasteiger partial charge in [0.05, 0.1) is 15.6 Å². The van der Waals surface area contributed by atoms with Gasteiger partial charge in [0.2, 0.25) is 5.88 Å². The summed E-state index contributed by atoms with van der Waals surface area (Å²) in [5, 5.41) is 0.884. The second kappa shape index (κ2) is 12.1. The van der Waals surface area contributed by atoms with E-state index in [1.807, 2.05) is 44.2 Å². The van der Waals surface area contributed by atoms with Crippen molar-refractivity contribution in [1.29, 1.82) is 0 Å². The van der Waals surface area contributed by atoms with Crippen LogP contribution >= 0.6 is 23.2 Å². The first-order valence-electron chi connectivity index (χ1n) is 12.2. The van der Waals surface area contributed by atoms with Crippen LogP contribution in [0.15, 0.2) is 47.4 Å². The summed E-state index contributed by atoms with van der Waals surface area (Å²) in [5.41, 5.74) is 3.40. The van der Waals surface area contributed by atoms with Gasteiger partial charge in [-0.25, -0.2) is 13.4 Å². The highest BCUT2D eigenvalue weighted by Crippen LogP contribution is 2.33. The molecule has 0 fully saturated rings. The van der Waals surface area contributed by atoms with Crippen LogP contribution in [0, 0.1) is 6.92 Å². The van der Waals surface area contributed by atoms with Crippen LogP contribution in [0.1, 0.15) is 22.4 Å². The SMILES string of the molecule is Cc1c(Cl)cccc1S(=O)(=O)Nc1cc2c(nc1OCc1ccc(Cl)c(OCCN(C)C)c1)CCN(C)C2. The Kier molecular flexibility index (Phi) is 9.05. The van der Waals surface area contributed by atoms with Crippen LogP contribution in [-0.2, 0) is 29.6 Å². The number of benzene rings is 2. The van der Waals surface area contributed by atoms with Gasteiger partial charge < -0.3 is 19.3 Å². The first kappa shape index (κ1) is 28.4. The molecule has 0 radical (unpaired) electrons. The van der Waals surface area contributed by atoms with Crippen molar-refractivity contribution >= 4 is 38.9 Å². The van der Waals surface area contributed by atoms with Gasteiger partial charge >= 0.3 is 0 Å². The molecule has 3 aromatic rings. The number of nitrogens with one attached hydrogen (secondary N) is 1. The lowest BCUT2D eigenvalue weighted by Gasteiger charge is -2.26. The van der Waals surface area contributed by atoms with Crippen molar-refractivity contribution in [1.82, 2.24) is 14.8 Å². The van der Waals surface area contributed by atoms with E-state index in [9.17, 15) is 8.42 Å². The number of hydrogen-bond donors (Lipinski definition) is 1. The summed E-state index contributed by atoms with van der Waals surface area (Å²) in [6.07, 6.45) is 0.743. The van der Waals surface area contributed by atoms with Crippen LogP contribution in [-0.4, -0.2) is 64.0 Å². The second-order valence-electron chi connectivity index (χ2n) is 9.61. The molecule has 8 nitrogen and oxygen atoms in total. The maximum absolute atomic E-state index is 13.4. The molecule has 1 aliphatic heterocycles. The molecule has 4 rings (SSSR count). The fourth-order valence-corrected chi connectivity index (χ4v) is 5.81. The molecule has 38 heavy (non-hydrogen) atoms. The summed E-state index contributed by atoms with van der Waals surface area (Å²) in [4.78, 5) is 9.01. The summed E-state index contributed by atoms with van der Waals surface area (Å²) in [6.45, 7) is 4.59. The van der Waals surface area contributed by atoms with Crippen molar-refractivity contribution in [3.05, 3.63) is 74.9 Å². The maximum atomic E-state index is 13.4. The molecule has 0 saturated heterocycles. The molecule has 11 heteroatoms. The number of pyridine rings is 1. The van der Waals surface area contributed by atoms with Crippen molar-refractivity contribution < 1.29 is 17.9 Å². The quantitative estimate of drug-likeness (QED) is 0.362. The predicted octanol–water partition coefficient (Wildman–Crippen LogP) is 5.00. The van der Waals surface area contributed by atoms with E-state index < -0.39 is 10.0 Å². The van der Waals surface area contributed by atoms with Crippen molar-refractivity contribution in [2.75, 3.05) is 45.6 Å². The summed E-state index contributed by atoms with van der Waals surface area (Å²) in [7, 11) is 2.01. The Morgan fingerprint density at radius 2 is 1.89 bits per heavy atom. The van der Waals surface area contributed by atoms with Gasteiger partial charge in [-0.1, -0.05) is 35.3 Å². The molecule has 0 saturated carbocycles. The van der Waals surface area contributed by atoms with Crippen LogP contribution in [0.4, 0.5) is 5.69 Å². The average molecular weight is 580 g/mol. The molecule has 0 spiro atoms. The van der Waals surface area contributed by atoms with Crippen LogP contribution in [0.3, 0.4) is 0 Å². The van der Waals surface area contributed by atoms with E-state index >= 15 is 0 Å². The lowest BCUT2D eigenvalue weighted by Crippen LogP contribution is -2.28. The minimum Gasteiger partial charge on any atom is -0.491 e. The first-order valence-corrected chi connectivity index (χ1v) is 14.5. The number of halogens is 2. The van der Waals surface area contributed by atoms with E-state index in [1.165, 1.54) is 6.07 Å². The molecular weight excluding hydrogens is 547 g/mol. The van der Waals surface area contributed by atoms with Gasteiger partial charge in [0.1, 0.15) is 24.7 Å². The van der Waals surface area contributed by atoms with Gasteiger partial charge in [-0.3, -0.25) is 4.72 Å². The smallest absolute Gasteiger partial charge is 0.262 e. The molecule has 2 aromatic carbocycles. The third-order valence-electron chi connectivity index (χ3n) is 6.25. The number of sulfonamides is 1. The molecule has 1 aromatic heterocycles. The van der Waals surface area contributed by atoms with Gasteiger partial charge in [0, 0.05) is 31.1 Å². The lowest BCUT2D eigenvalue weighted by atomic mass is 10.1. The topological polar surface area (TPSA) is 84.0 Å². The molecule has 0 aliphatic carbocycles. The fourth-order valence-electron chi connectivity index (χ4n) is 4.09. The van der Waals surface area contributed by atoms with Gasteiger partial charge in [-0.15, -0.1) is 0 Å². The van der Waals surface area contributed by atoms with Crippen LogP contribution in [0.5, 0.6) is 11.6 Å². The maximum Gasteiger partial charge on any atom is 0.262 e. The molecule has 1 N–H and O–H groups in total.